The smallest absolute Gasteiger partial charge is 0.223 e. The predicted molar refractivity (Wildman–Crippen MR) is 73.0 cm³/mol. The van der Waals surface area contributed by atoms with E-state index in [2.05, 4.69) is 5.32 Å². The van der Waals surface area contributed by atoms with Gasteiger partial charge >= 0.3 is 0 Å². The van der Waals surface area contributed by atoms with E-state index in [4.69, 9.17) is 5.73 Å². The van der Waals surface area contributed by atoms with Crippen LogP contribution in [0.15, 0.2) is 18.2 Å². The minimum Gasteiger partial charge on any atom is -0.356 e. The van der Waals surface area contributed by atoms with Gasteiger partial charge in [0.1, 0.15) is 11.6 Å². The van der Waals surface area contributed by atoms with E-state index in [1.54, 1.807) is 0 Å². The van der Waals surface area contributed by atoms with Gasteiger partial charge in [0.15, 0.2) is 0 Å². The molecule has 3 nitrogen and oxygen atoms in total. The molecule has 1 saturated carbocycles. The fourth-order valence-corrected chi connectivity index (χ4v) is 2.70. The quantitative estimate of drug-likeness (QED) is 0.889. The summed E-state index contributed by atoms with van der Waals surface area (Å²) in [4.78, 5) is 12.0. The molecule has 2 unspecified atom stereocenters. The highest BCUT2D eigenvalue weighted by Crippen LogP contribution is 2.23. The molecular weight excluding hydrogens is 262 g/mol. The molecule has 0 aliphatic heterocycles. The summed E-state index contributed by atoms with van der Waals surface area (Å²) in [6, 6.07) is 3.51. The molecule has 2 atom stereocenters. The second kappa shape index (κ2) is 6.79. The van der Waals surface area contributed by atoms with Crippen LogP contribution in [0, 0.1) is 17.6 Å². The molecule has 0 bridgehead atoms. The van der Waals surface area contributed by atoms with Crippen LogP contribution >= 0.6 is 0 Å². The number of carbonyl (C=O) groups excluding carboxylic acids is 1. The van der Waals surface area contributed by atoms with E-state index < -0.39 is 11.6 Å². The highest BCUT2D eigenvalue weighted by Gasteiger charge is 2.24. The Kier molecular flexibility index (Phi) is 5.06. The molecule has 0 heterocycles. The Hall–Kier alpha value is -1.49. The summed E-state index contributed by atoms with van der Waals surface area (Å²) in [6.07, 6.45) is 3.97. The lowest BCUT2D eigenvalue weighted by Crippen LogP contribution is -2.38. The summed E-state index contributed by atoms with van der Waals surface area (Å²) in [5.41, 5.74) is 6.40. The number of halogens is 2. The van der Waals surface area contributed by atoms with Gasteiger partial charge in [0.05, 0.1) is 0 Å². The largest absolute Gasteiger partial charge is 0.356 e. The highest BCUT2D eigenvalue weighted by molar-refractivity contribution is 5.78. The Morgan fingerprint density at radius 1 is 1.25 bits per heavy atom. The standard InChI is InChI=1S/C15H20F2N2O/c16-12-6-10(7-13(17)9-12)4-5-19-15(20)11-2-1-3-14(18)8-11/h6-7,9,11,14H,1-5,8,18H2,(H,19,20). The normalized spacial score (nSPS) is 22.6. The Morgan fingerprint density at radius 2 is 1.95 bits per heavy atom. The van der Waals surface area contributed by atoms with Crippen molar-refractivity contribution in [3.05, 3.63) is 35.4 Å². The summed E-state index contributed by atoms with van der Waals surface area (Å²) >= 11 is 0. The molecule has 1 aromatic carbocycles. The molecule has 1 amide bonds. The second-order valence-corrected chi connectivity index (χ2v) is 5.44. The lowest BCUT2D eigenvalue weighted by atomic mass is 9.85. The summed E-state index contributed by atoms with van der Waals surface area (Å²) in [5, 5.41) is 2.82. The minimum atomic E-state index is -0.593. The molecule has 5 heteroatoms. The van der Waals surface area contributed by atoms with Gasteiger partial charge in [-0.15, -0.1) is 0 Å². The zero-order valence-electron chi connectivity index (χ0n) is 11.4. The molecule has 3 N–H and O–H groups in total. The van der Waals surface area contributed by atoms with Crippen molar-refractivity contribution < 1.29 is 13.6 Å². The van der Waals surface area contributed by atoms with Crippen molar-refractivity contribution >= 4 is 5.91 Å². The Balaban J connectivity index is 1.78. The Labute approximate surface area is 117 Å². The van der Waals surface area contributed by atoms with Crippen molar-refractivity contribution in [3.63, 3.8) is 0 Å². The maximum Gasteiger partial charge on any atom is 0.223 e. The second-order valence-electron chi connectivity index (χ2n) is 5.44. The van der Waals surface area contributed by atoms with Crippen LogP contribution < -0.4 is 11.1 Å². The van der Waals surface area contributed by atoms with Gasteiger partial charge in [-0.3, -0.25) is 4.79 Å². The average Bonchev–Trinajstić information content (AvgIpc) is 2.37. The Morgan fingerprint density at radius 3 is 2.60 bits per heavy atom. The third-order valence-electron chi connectivity index (χ3n) is 3.72. The summed E-state index contributed by atoms with van der Waals surface area (Å²) in [7, 11) is 0. The maximum absolute atomic E-state index is 13.0. The summed E-state index contributed by atoms with van der Waals surface area (Å²) in [6.45, 7) is 0.382. The predicted octanol–water partition coefficient (Wildman–Crippen LogP) is 2.14. The third kappa shape index (κ3) is 4.27. The average molecular weight is 282 g/mol. The zero-order chi connectivity index (χ0) is 14.5. The van der Waals surface area contributed by atoms with Crippen molar-refractivity contribution in [2.24, 2.45) is 11.7 Å². The van der Waals surface area contributed by atoms with E-state index in [0.29, 0.717) is 18.5 Å². The van der Waals surface area contributed by atoms with Gasteiger partial charge in [0.2, 0.25) is 5.91 Å². The molecule has 1 aliphatic carbocycles. The van der Waals surface area contributed by atoms with Crippen LogP contribution in [-0.2, 0) is 11.2 Å². The molecule has 0 saturated heterocycles. The molecular formula is C15H20F2N2O. The molecule has 110 valence electrons. The minimum absolute atomic E-state index is 0.00275. The number of amides is 1. The molecule has 1 aliphatic rings. The molecule has 0 aromatic heterocycles. The monoisotopic (exact) mass is 282 g/mol. The topological polar surface area (TPSA) is 55.1 Å². The summed E-state index contributed by atoms with van der Waals surface area (Å²) in [5.74, 6) is -1.21. The first-order valence-corrected chi connectivity index (χ1v) is 7.03. The fraction of sp³-hybridized carbons (Fsp3) is 0.533. The van der Waals surface area contributed by atoms with E-state index in [-0.39, 0.29) is 17.9 Å². The van der Waals surface area contributed by atoms with Crippen molar-refractivity contribution in [1.82, 2.24) is 5.32 Å². The third-order valence-corrected chi connectivity index (χ3v) is 3.72. The number of hydrogen-bond donors (Lipinski definition) is 2. The highest BCUT2D eigenvalue weighted by atomic mass is 19.1. The van der Waals surface area contributed by atoms with Crippen molar-refractivity contribution in [2.45, 2.75) is 38.1 Å². The summed E-state index contributed by atoms with van der Waals surface area (Å²) < 4.78 is 26.0. The van der Waals surface area contributed by atoms with E-state index >= 15 is 0 Å². The van der Waals surface area contributed by atoms with E-state index in [1.165, 1.54) is 12.1 Å². The van der Waals surface area contributed by atoms with Gasteiger partial charge in [-0.1, -0.05) is 6.42 Å². The van der Waals surface area contributed by atoms with Gasteiger partial charge in [-0.25, -0.2) is 8.78 Å². The van der Waals surface area contributed by atoms with Crippen LogP contribution in [0.1, 0.15) is 31.2 Å². The van der Waals surface area contributed by atoms with Gasteiger partial charge in [-0.05, 0) is 43.4 Å². The number of nitrogens with two attached hydrogens (primary N) is 1. The van der Waals surface area contributed by atoms with Crippen LogP contribution in [0.3, 0.4) is 0 Å². The lowest BCUT2D eigenvalue weighted by molar-refractivity contribution is -0.126. The van der Waals surface area contributed by atoms with E-state index in [1.807, 2.05) is 0 Å². The zero-order valence-corrected chi connectivity index (χ0v) is 11.4. The van der Waals surface area contributed by atoms with Crippen molar-refractivity contribution in [1.29, 1.82) is 0 Å². The number of rotatable bonds is 4. The van der Waals surface area contributed by atoms with Crippen LogP contribution in [0.25, 0.3) is 0 Å². The molecule has 0 spiro atoms. The van der Waals surface area contributed by atoms with Gasteiger partial charge < -0.3 is 11.1 Å². The first-order valence-electron chi connectivity index (χ1n) is 7.03. The lowest BCUT2D eigenvalue weighted by Gasteiger charge is -2.25. The SMILES string of the molecule is NC1CCCC(C(=O)NCCc2cc(F)cc(F)c2)C1. The van der Waals surface area contributed by atoms with Crippen LogP contribution in [0.2, 0.25) is 0 Å². The first kappa shape index (κ1) is 14.9. The van der Waals surface area contributed by atoms with Crippen molar-refractivity contribution in [3.8, 4) is 0 Å². The molecule has 2 rings (SSSR count). The fourth-order valence-electron chi connectivity index (χ4n) is 2.70. The Bertz CT molecular complexity index is 459. The number of carbonyl (C=O) groups is 1. The van der Waals surface area contributed by atoms with Crippen molar-refractivity contribution in [2.75, 3.05) is 6.54 Å². The number of nitrogens with one attached hydrogen (secondary N) is 1. The maximum atomic E-state index is 13.0. The molecule has 1 aromatic rings. The van der Waals surface area contributed by atoms with Gasteiger partial charge in [0.25, 0.3) is 0 Å². The van der Waals surface area contributed by atoms with Crippen LogP contribution in [0.5, 0.6) is 0 Å². The van der Waals surface area contributed by atoms with E-state index in [0.717, 1.165) is 31.7 Å². The molecule has 0 radical (unpaired) electrons. The number of benzene rings is 1. The first-order chi connectivity index (χ1) is 9.54. The molecule has 20 heavy (non-hydrogen) atoms. The van der Waals surface area contributed by atoms with Crippen LogP contribution in [0.4, 0.5) is 8.78 Å². The number of hydrogen-bond acceptors (Lipinski definition) is 2. The molecule has 1 fully saturated rings. The van der Waals surface area contributed by atoms with Crippen LogP contribution in [-0.4, -0.2) is 18.5 Å². The van der Waals surface area contributed by atoms with Gasteiger partial charge in [-0.2, -0.15) is 0 Å². The van der Waals surface area contributed by atoms with E-state index in [9.17, 15) is 13.6 Å². The van der Waals surface area contributed by atoms with Gasteiger partial charge in [0, 0.05) is 24.6 Å².